The molecule has 1 aromatic rings. The van der Waals surface area contributed by atoms with E-state index in [-0.39, 0.29) is 11.6 Å². The van der Waals surface area contributed by atoms with Gasteiger partial charge in [0.2, 0.25) is 0 Å². The first-order valence-corrected chi connectivity index (χ1v) is 8.76. The Morgan fingerprint density at radius 3 is 2.90 bits per heavy atom. The van der Waals surface area contributed by atoms with Crippen molar-refractivity contribution in [3.05, 3.63) is 28.2 Å². The quantitative estimate of drug-likeness (QED) is 0.833. The summed E-state index contributed by atoms with van der Waals surface area (Å²) in [5.41, 5.74) is 7.51. The number of hydrogen-bond donors (Lipinski definition) is 1. The molecule has 3 rings (SSSR count). The first-order chi connectivity index (χ1) is 9.99. The Bertz CT molecular complexity index is 520. The zero-order chi connectivity index (χ0) is 15.0. The van der Waals surface area contributed by atoms with Gasteiger partial charge in [0, 0.05) is 35.1 Å². The van der Waals surface area contributed by atoms with E-state index in [2.05, 4.69) is 46.8 Å². The third-order valence-corrected chi connectivity index (χ3v) is 5.45. The van der Waals surface area contributed by atoms with E-state index in [1.54, 1.807) is 0 Å². The van der Waals surface area contributed by atoms with Gasteiger partial charge in [0.15, 0.2) is 0 Å². The van der Waals surface area contributed by atoms with E-state index in [9.17, 15) is 0 Å². The Morgan fingerprint density at radius 1 is 1.33 bits per heavy atom. The lowest BCUT2D eigenvalue weighted by atomic mass is 9.82. The molecule has 0 radical (unpaired) electrons. The molecule has 0 amide bonds. The van der Waals surface area contributed by atoms with Crippen LogP contribution in [-0.4, -0.2) is 29.6 Å². The molecule has 0 saturated carbocycles. The third-order valence-electron chi connectivity index (χ3n) is 4.96. The summed E-state index contributed by atoms with van der Waals surface area (Å²) in [4.78, 5) is 2.56. The molecule has 2 heterocycles. The first kappa shape index (κ1) is 15.3. The van der Waals surface area contributed by atoms with Gasteiger partial charge in [-0.15, -0.1) is 0 Å². The van der Waals surface area contributed by atoms with Crippen molar-refractivity contribution in [3.8, 4) is 5.75 Å². The van der Waals surface area contributed by atoms with Crippen molar-refractivity contribution >= 4 is 15.9 Å². The number of rotatable bonds is 1. The van der Waals surface area contributed by atoms with Crippen molar-refractivity contribution in [1.82, 2.24) is 4.90 Å². The van der Waals surface area contributed by atoms with Crippen molar-refractivity contribution in [1.29, 1.82) is 0 Å². The molecule has 2 aliphatic heterocycles. The SMILES string of the molecule is CC(C)N1CCCC2(CC1)C[C@H](N)c1ccc(Br)cc1O2. The van der Waals surface area contributed by atoms with Crippen molar-refractivity contribution in [2.24, 2.45) is 5.73 Å². The van der Waals surface area contributed by atoms with Gasteiger partial charge in [-0.05, 0) is 51.8 Å². The van der Waals surface area contributed by atoms with Crippen LogP contribution in [0.2, 0.25) is 0 Å². The van der Waals surface area contributed by atoms with Gasteiger partial charge in [-0.1, -0.05) is 22.0 Å². The summed E-state index contributed by atoms with van der Waals surface area (Å²) in [5.74, 6) is 0.973. The first-order valence-electron chi connectivity index (χ1n) is 7.97. The summed E-state index contributed by atoms with van der Waals surface area (Å²) in [6.07, 6.45) is 4.31. The molecule has 3 nitrogen and oxygen atoms in total. The number of nitrogens with two attached hydrogens (primary N) is 1. The lowest BCUT2D eigenvalue weighted by Gasteiger charge is -2.41. The Labute approximate surface area is 136 Å². The molecule has 0 aliphatic carbocycles. The van der Waals surface area contributed by atoms with Crippen LogP contribution < -0.4 is 10.5 Å². The molecule has 0 bridgehead atoms. The molecule has 1 spiro atoms. The summed E-state index contributed by atoms with van der Waals surface area (Å²) in [6, 6.07) is 6.91. The van der Waals surface area contributed by atoms with Crippen molar-refractivity contribution in [2.75, 3.05) is 13.1 Å². The highest BCUT2D eigenvalue weighted by Crippen LogP contribution is 2.44. The normalized spacial score (nSPS) is 30.0. The number of likely N-dealkylation sites (tertiary alicyclic amines) is 1. The van der Waals surface area contributed by atoms with E-state index >= 15 is 0 Å². The molecule has 1 aromatic carbocycles. The van der Waals surface area contributed by atoms with E-state index in [1.807, 2.05) is 6.07 Å². The van der Waals surface area contributed by atoms with E-state index in [0.717, 1.165) is 41.6 Å². The largest absolute Gasteiger partial charge is 0.487 e. The highest BCUT2D eigenvalue weighted by Gasteiger charge is 2.41. The molecule has 116 valence electrons. The summed E-state index contributed by atoms with van der Waals surface area (Å²) < 4.78 is 7.54. The maximum Gasteiger partial charge on any atom is 0.126 e. The fraction of sp³-hybridized carbons (Fsp3) is 0.647. The fourth-order valence-electron chi connectivity index (χ4n) is 3.70. The minimum absolute atomic E-state index is 0.0726. The van der Waals surface area contributed by atoms with Crippen LogP contribution in [0.1, 0.15) is 51.1 Å². The Morgan fingerprint density at radius 2 is 2.14 bits per heavy atom. The van der Waals surface area contributed by atoms with Crippen LogP contribution in [0.15, 0.2) is 22.7 Å². The molecule has 1 unspecified atom stereocenters. The van der Waals surface area contributed by atoms with Gasteiger partial charge < -0.3 is 15.4 Å². The highest BCUT2D eigenvalue weighted by atomic mass is 79.9. The lowest BCUT2D eigenvalue weighted by molar-refractivity contribution is 0.0210. The number of fused-ring (bicyclic) bond motifs is 1. The third kappa shape index (κ3) is 3.13. The Hall–Kier alpha value is -0.580. The van der Waals surface area contributed by atoms with Crippen molar-refractivity contribution < 1.29 is 4.74 Å². The molecule has 2 N–H and O–H groups in total. The number of hydrogen-bond acceptors (Lipinski definition) is 3. The zero-order valence-corrected chi connectivity index (χ0v) is 14.5. The lowest BCUT2D eigenvalue weighted by Crippen LogP contribution is -2.44. The molecule has 0 aromatic heterocycles. The average molecular weight is 353 g/mol. The summed E-state index contributed by atoms with van der Waals surface area (Å²) in [6.45, 7) is 6.83. The minimum Gasteiger partial charge on any atom is -0.487 e. The highest BCUT2D eigenvalue weighted by molar-refractivity contribution is 9.10. The summed E-state index contributed by atoms with van der Waals surface area (Å²) in [5, 5.41) is 0. The second-order valence-electron chi connectivity index (χ2n) is 6.76. The molecular formula is C17H25BrN2O. The number of halogens is 1. The smallest absolute Gasteiger partial charge is 0.126 e. The number of nitrogens with zero attached hydrogens (tertiary/aromatic N) is 1. The monoisotopic (exact) mass is 352 g/mol. The van der Waals surface area contributed by atoms with E-state index in [0.29, 0.717) is 6.04 Å². The summed E-state index contributed by atoms with van der Waals surface area (Å²) in [7, 11) is 0. The second-order valence-corrected chi connectivity index (χ2v) is 7.68. The van der Waals surface area contributed by atoms with E-state index in [1.165, 1.54) is 13.0 Å². The van der Waals surface area contributed by atoms with Gasteiger partial charge in [0.25, 0.3) is 0 Å². The van der Waals surface area contributed by atoms with Gasteiger partial charge in [-0.25, -0.2) is 0 Å². The van der Waals surface area contributed by atoms with Gasteiger partial charge in [-0.3, -0.25) is 0 Å². The van der Waals surface area contributed by atoms with Crippen molar-refractivity contribution in [2.45, 2.75) is 57.2 Å². The standard InChI is InChI=1S/C17H25BrN2O/c1-12(2)20-8-3-6-17(7-9-20)11-15(19)14-5-4-13(18)10-16(14)21-17/h4-5,10,12,15H,3,6-9,11,19H2,1-2H3/t15-,17?/m0/s1. The minimum atomic E-state index is -0.0726. The molecule has 21 heavy (non-hydrogen) atoms. The van der Waals surface area contributed by atoms with Crippen molar-refractivity contribution in [3.63, 3.8) is 0 Å². The van der Waals surface area contributed by atoms with Crippen LogP contribution in [-0.2, 0) is 0 Å². The molecule has 4 heteroatoms. The van der Waals surface area contributed by atoms with Gasteiger partial charge in [0.1, 0.15) is 11.4 Å². The van der Waals surface area contributed by atoms with Crippen LogP contribution in [0.4, 0.5) is 0 Å². The van der Waals surface area contributed by atoms with Crippen LogP contribution >= 0.6 is 15.9 Å². The maximum absolute atomic E-state index is 6.48. The average Bonchev–Trinajstić information content (AvgIpc) is 2.61. The predicted octanol–water partition coefficient (Wildman–Crippen LogP) is 3.86. The number of benzene rings is 1. The van der Waals surface area contributed by atoms with Gasteiger partial charge in [0.05, 0.1) is 0 Å². The second kappa shape index (κ2) is 5.90. The van der Waals surface area contributed by atoms with Crippen LogP contribution in [0.25, 0.3) is 0 Å². The zero-order valence-electron chi connectivity index (χ0n) is 12.9. The van der Waals surface area contributed by atoms with E-state index < -0.39 is 0 Å². The maximum atomic E-state index is 6.48. The Kier molecular flexibility index (Phi) is 4.30. The van der Waals surface area contributed by atoms with Crippen LogP contribution in [0.3, 0.4) is 0 Å². The fourth-order valence-corrected chi connectivity index (χ4v) is 4.04. The van der Waals surface area contributed by atoms with E-state index in [4.69, 9.17) is 10.5 Å². The molecule has 2 aliphatic rings. The molecule has 1 saturated heterocycles. The predicted molar refractivity (Wildman–Crippen MR) is 89.6 cm³/mol. The summed E-state index contributed by atoms with van der Waals surface area (Å²) >= 11 is 3.54. The topological polar surface area (TPSA) is 38.5 Å². The Balaban J connectivity index is 1.83. The molecule has 2 atom stereocenters. The molecular weight excluding hydrogens is 328 g/mol. The molecule has 1 fully saturated rings. The number of ether oxygens (including phenoxy) is 1. The van der Waals surface area contributed by atoms with Crippen LogP contribution in [0.5, 0.6) is 5.75 Å². The van der Waals surface area contributed by atoms with Gasteiger partial charge in [-0.2, -0.15) is 0 Å². The van der Waals surface area contributed by atoms with Gasteiger partial charge >= 0.3 is 0 Å². The van der Waals surface area contributed by atoms with Crippen LogP contribution in [0, 0.1) is 0 Å².